The summed E-state index contributed by atoms with van der Waals surface area (Å²) in [5.74, 6) is 0.522. The quantitative estimate of drug-likeness (QED) is 0.724. The highest BCUT2D eigenvalue weighted by Gasteiger charge is 2.48. The average Bonchev–Trinajstić information content (AvgIpc) is 3.17. The molecule has 0 radical (unpaired) electrons. The lowest BCUT2D eigenvalue weighted by Gasteiger charge is -2.40. The highest BCUT2D eigenvalue weighted by Crippen LogP contribution is 2.37. The molecule has 2 atom stereocenters. The van der Waals surface area contributed by atoms with E-state index in [1.165, 1.54) is 0 Å². The van der Waals surface area contributed by atoms with E-state index in [1.807, 2.05) is 20.8 Å². The molecule has 5 nitrogen and oxygen atoms in total. The van der Waals surface area contributed by atoms with Gasteiger partial charge in [0.15, 0.2) is 0 Å². The van der Waals surface area contributed by atoms with Gasteiger partial charge in [0.25, 0.3) is 0 Å². The van der Waals surface area contributed by atoms with E-state index >= 15 is 0 Å². The number of piperazine rings is 1. The van der Waals surface area contributed by atoms with Crippen LogP contribution >= 0.6 is 0 Å². The van der Waals surface area contributed by atoms with Crippen LogP contribution in [0.15, 0.2) is 0 Å². The summed E-state index contributed by atoms with van der Waals surface area (Å²) in [5.41, 5.74) is 0. The fourth-order valence-corrected chi connectivity index (χ4v) is 2.65. The molecular weight excluding hydrogens is 244 g/mol. The minimum absolute atomic E-state index is 0.0114. The first kappa shape index (κ1) is 14.3. The number of rotatable bonds is 6. The monoisotopic (exact) mass is 268 g/mol. The number of carbonyl (C=O) groups excluding carboxylic acids is 2. The van der Waals surface area contributed by atoms with Gasteiger partial charge < -0.3 is 15.0 Å². The molecule has 5 heteroatoms. The zero-order valence-electron chi connectivity index (χ0n) is 12.0. The average molecular weight is 268 g/mol. The van der Waals surface area contributed by atoms with Crippen LogP contribution < -0.4 is 5.32 Å². The molecule has 0 bridgehead atoms. The van der Waals surface area contributed by atoms with Gasteiger partial charge in [0.05, 0.1) is 6.61 Å². The molecule has 1 saturated heterocycles. The van der Waals surface area contributed by atoms with Gasteiger partial charge in [0.1, 0.15) is 12.1 Å². The molecule has 2 fully saturated rings. The molecular formula is C14H24N2O3. The number of carbonyl (C=O) groups is 2. The predicted molar refractivity (Wildman–Crippen MR) is 71.5 cm³/mol. The van der Waals surface area contributed by atoms with Gasteiger partial charge in [-0.2, -0.15) is 0 Å². The summed E-state index contributed by atoms with van der Waals surface area (Å²) in [4.78, 5) is 26.5. The van der Waals surface area contributed by atoms with Crippen LogP contribution in [-0.2, 0) is 14.3 Å². The number of ether oxygens (including phenoxy) is 1. The van der Waals surface area contributed by atoms with Crippen LogP contribution in [0.2, 0.25) is 0 Å². The van der Waals surface area contributed by atoms with Gasteiger partial charge >= 0.3 is 0 Å². The van der Waals surface area contributed by atoms with Crippen LogP contribution in [0.1, 0.15) is 33.6 Å². The molecule has 0 spiro atoms. The van der Waals surface area contributed by atoms with Crippen LogP contribution in [-0.4, -0.2) is 48.6 Å². The Morgan fingerprint density at radius 2 is 2.05 bits per heavy atom. The molecule has 108 valence electrons. The van der Waals surface area contributed by atoms with E-state index in [0.717, 1.165) is 12.8 Å². The number of amides is 2. The Morgan fingerprint density at radius 1 is 1.37 bits per heavy atom. The molecule has 1 aliphatic heterocycles. The van der Waals surface area contributed by atoms with Crippen molar-refractivity contribution in [2.24, 2.45) is 11.8 Å². The molecule has 0 aromatic heterocycles. The Hall–Kier alpha value is -1.10. The zero-order valence-corrected chi connectivity index (χ0v) is 12.0. The van der Waals surface area contributed by atoms with Crippen molar-refractivity contribution in [3.05, 3.63) is 0 Å². The summed E-state index contributed by atoms with van der Waals surface area (Å²) in [7, 11) is 0. The second-order valence-electron chi connectivity index (χ2n) is 5.74. The van der Waals surface area contributed by atoms with E-state index in [1.54, 1.807) is 4.90 Å². The Labute approximate surface area is 114 Å². The molecule has 1 aliphatic carbocycles. The lowest BCUT2D eigenvalue weighted by Crippen LogP contribution is -2.65. The molecule has 1 N–H and O–H groups in total. The van der Waals surface area contributed by atoms with Gasteiger partial charge in [0, 0.05) is 13.2 Å². The number of nitrogens with one attached hydrogen (secondary N) is 1. The third-order valence-electron chi connectivity index (χ3n) is 3.87. The highest BCUT2D eigenvalue weighted by molar-refractivity contribution is 5.97. The third kappa shape index (κ3) is 3.08. The molecule has 2 unspecified atom stereocenters. The van der Waals surface area contributed by atoms with Gasteiger partial charge in [0.2, 0.25) is 11.8 Å². The first-order chi connectivity index (χ1) is 9.06. The molecule has 2 rings (SSSR count). The summed E-state index contributed by atoms with van der Waals surface area (Å²) < 4.78 is 5.34. The van der Waals surface area contributed by atoms with E-state index in [2.05, 4.69) is 5.32 Å². The van der Waals surface area contributed by atoms with Gasteiger partial charge in [-0.05, 0) is 31.6 Å². The summed E-state index contributed by atoms with van der Waals surface area (Å²) in [6, 6.07) is -0.660. The third-order valence-corrected chi connectivity index (χ3v) is 3.87. The Morgan fingerprint density at radius 3 is 2.58 bits per heavy atom. The minimum atomic E-state index is -0.385. The van der Waals surface area contributed by atoms with E-state index in [4.69, 9.17) is 4.74 Å². The molecule has 2 amide bonds. The van der Waals surface area contributed by atoms with Crippen LogP contribution in [0.5, 0.6) is 0 Å². The number of hydrogen-bond acceptors (Lipinski definition) is 3. The lowest BCUT2D eigenvalue weighted by molar-refractivity contribution is -0.152. The van der Waals surface area contributed by atoms with E-state index < -0.39 is 0 Å². The molecule has 0 aromatic rings. The molecule has 0 aromatic carbocycles. The number of hydrogen-bond donors (Lipinski definition) is 1. The second-order valence-corrected chi connectivity index (χ2v) is 5.74. The van der Waals surface area contributed by atoms with Crippen molar-refractivity contribution in [2.45, 2.75) is 45.7 Å². The van der Waals surface area contributed by atoms with Crippen molar-refractivity contribution >= 4 is 11.8 Å². The summed E-state index contributed by atoms with van der Waals surface area (Å²) >= 11 is 0. The van der Waals surface area contributed by atoms with Crippen molar-refractivity contribution in [3.8, 4) is 0 Å². The fraction of sp³-hybridized carbons (Fsp3) is 0.857. The molecule has 19 heavy (non-hydrogen) atoms. The lowest BCUT2D eigenvalue weighted by atomic mass is 9.96. The zero-order chi connectivity index (χ0) is 14.0. The standard InChI is InChI=1S/C14H24N2O3/c1-4-19-8-7-16-12(10-5-6-10)13(17)15-11(9(2)3)14(16)18/h9-12H,4-8H2,1-3H3,(H,15,17). The topological polar surface area (TPSA) is 58.6 Å². The van der Waals surface area contributed by atoms with Crippen molar-refractivity contribution in [1.29, 1.82) is 0 Å². The summed E-state index contributed by atoms with van der Waals surface area (Å²) in [5, 5.41) is 2.89. The first-order valence-electron chi connectivity index (χ1n) is 7.24. The van der Waals surface area contributed by atoms with Crippen molar-refractivity contribution < 1.29 is 14.3 Å². The maximum Gasteiger partial charge on any atom is 0.246 e. The minimum Gasteiger partial charge on any atom is -0.380 e. The van der Waals surface area contributed by atoms with Gasteiger partial charge in [-0.15, -0.1) is 0 Å². The number of nitrogens with zero attached hydrogens (tertiary/aromatic N) is 1. The van der Waals surface area contributed by atoms with Crippen molar-refractivity contribution in [1.82, 2.24) is 10.2 Å². The molecule has 2 aliphatic rings. The molecule has 1 heterocycles. The van der Waals surface area contributed by atoms with Gasteiger partial charge in [-0.25, -0.2) is 0 Å². The Balaban J connectivity index is 2.09. The van der Waals surface area contributed by atoms with Crippen molar-refractivity contribution in [2.75, 3.05) is 19.8 Å². The van der Waals surface area contributed by atoms with Crippen LogP contribution in [0.25, 0.3) is 0 Å². The maximum atomic E-state index is 12.5. The van der Waals surface area contributed by atoms with Gasteiger partial charge in [-0.3, -0.25) is 9.59 Å². The summed E-state index contributed by atoms with van der Waals surface area (Å²) in [6.07, 6.45) is 2.09. The maximum absolute atomic E-state index is 12.5. The summed E-state index contributed by atoms with van der Waals surface area (Å²) in [6.45, 7) is 7.51. The fourth-order valence-electron chi connectivity index (χ4n) is 2.65. The second kappa shape index (κ2) is 5.90. The first-order valence-corrected chi connectivity index (χ1v) is 7.24. The van der Waals surface area contributed by atoms with Gasteiger partial charge in [-0.1, -0.05) is 13.8 Å². The Kier molecular flexibility index (Phi) is 4.45. The van der Waals surface area contributed by atoms with Crippen LogP contribution in [0, 0.1) is 11.8 Å². The predicted octanol–water partition coefficient (Wildman–Crippen LogP) is 0.784. The van der Waals surface area contributed by atoms with Crippen molar-refractivity contribution in [3.63, 3.8) is 0 Å². The highest BCUT2D eigenvalue weighted by atomic mass is 16.5. The van der Waals surface area contributed by atoms with E-state index in [9.17, 15) is 9.59 Å². The van der Waals surface area contributed by atoms with E-state index in [-0.39, 0.29) is 29.8 Å². The van der Waals surface area contributed by atoms with Crippen LogP contribution in [0.3, 0.4) is 0 Å². The smallest absolute Gasteiger partial charge is 0.246 e. The largest absolute Gasteiger partial charge is 0.380 e. The Bertz CT molecular complexity index is 353. The van der Waals surface area contributed by atoms with E-state index in [0.29, 0.717) is 25.7 Å². The van der Waals surface area contributed by atoms with Crippen LogP contribution in [0.4, 0.5) is 0 Å². The normalized spacial score (nSPS) is 27.9. The SMILES string of the molecule is CCOCCN1C(=O)C(C(C)C)NC(=O)C1C1CC1. The molecule has 1 saturated carbocycles.